The number of fused-ring (bicyclic) bond motifs is 1. The van der Waals surface area contributed by atoms with Crippen molar-refractivity contribution >= 4 is 11.9 Å². The minimum atomic E-state index is -5.08. The van der Waals surface area contributed by atoms with Gasteiger partial charge in [-0.1, -0.05) is 12.1 Å². The number of hydrogen-bond donors (Lipinski definition) is 2. The predicted octanol–water partition coefficient (Wildman–Crippen LogP) is 3.69. The molecule has 0 amide bonds. The first kappa shape index (κ1) is 30.9. The van der Waals surface area contributed by atoms with Crippen LogP contribution in [0, 0.1) is 0 Å². The van der Waals surface area contributed by atoms with E-state index < -0.39 is 24.3 Å². The Hall–Kier alpha value is -3.30. The van der Waals surface area contributed by atoms with Crippen molar-refractivity contribution in [1.82, 2.24) is 14.9 Å². The number of carboxylic acid groups (broad SMARTS) is 2. The molecular weight excluding hydrogens is 528 g/mol. The molecular formula is C23H25F6N3O6. The van der Waals surface area contributed by atoms with E-state index in [1.54, 1.807) is 0 Å². The van der Waals surface area contributed by atoms with E-state index in [1.807, 2.05) is 42.9 Å². The Kier molecular flexibility index (Phi) is 11.4. The molecule has 210 valence electrons. The van der Waals surface area contributed by atoms with Crippen molar-refractivity contribution in [1.29, 1.82) is 0 Å². The maximum absolute atomic E-state index is 10.6. The quantitative estimate of drug-likeness (QED) is 0.534. The summed E-state index contributed by atoms with van der Waals surface area (Å²) in [5.41, 5.74) is 2.24. The molecule has 2 aliphatic heterocycles. The van der Waals surface area contributed by atoms with E-state index in [0.29, 0.717) is 12.6 Å². The summed E-state index contributed by atoms with van der Waals surface area (Å²) in [7, 11) is 0. The van der Waals surface area contributed by atoms with Gasteiger partial charge in [0.1, 0.15) is 0 Å². The number of piperidine rings is 1. The van der Waals surface area contributed by atoms with Crippen LogP contribution in [-0.4, -0.2) is 80.8 Å². The summed E-state index contributed by atoms with van der Waals surface area (Å²) in [6.07, 6.45) is -2.19. The van der Waals surface area contributed by atoms with E-state index >= 15 is 0 Å². The van der Waals surface area contributed by atoms with Crippen molar-refractivity contribution in [3.05, 3.63) is 60.2 Å². The average Bonchev–Trinajstić information content (AvgIpc) is 3.35. The fraction of sp³-hybridized carbons (Fsp3) is 0.478. The number of ether oxygens (including phenoxy) is 2. The van der Waals surface area contributed by atoms with Gasteiger partial charge in [0.15, 0.2) is 0 Å². The number of alkyl halides is 6. The number of aromatic nitrogens is 2. The summed E-state index contributed by atoms with van der Waals surface area (Å²) >= 11 is 0. The topological polar surface area (TPSA) is 122 Å². The number of hydrogen-bond acceptors (Lipinski definition) is 7. The van der Waals surface area contributed by atoms with E-state index in [4.69, 9.17) is 29.3 Å². The molecule has 2 N–H and O–H groups in total. The highest BCUT2D eigenvalue weighted by molar-refractivity contribution is 5.73. The molecule has 38 heavy (non-hydrogen) atoms. The van der Waals surface area contributed by atoms with Crippen LogP contribution in [-0.2, 0) is 32.2 Å². The fourth-order valence-corrected chi connectivity index (χ4v) is 3.75. The third kappa shape index (κ3) is 10.2. The second-order valence-electron chi connectivity index (χ2n) is 8.09. The predicted molar refractivity (Wildman–Crippen MR) is 118 cm³/mol. The summed E-state index contributed by atoms with van der Waals surface area (Å²) in [6.45, 7) is 3.35. The average molecular weight is 553 g/mol. The first-order chi connectivity index (χ1) is 17.8. The highest BCUT2D eigenvalue weighted by atomic mass is 19.4. The van der Waals surface area contributed by atoms with Crippen LogP contribution in [0.1, 0.15) is 24.1 Å². The number of nitrogens with zero attached hydrogens (tertiary/aromatic N) is 3. The van der Waals surface area contributed by atoms with Crippen LogP contribution < -0.4 is 0 Å². The van der Waals surface area contributed by atoms with E-state index in [0.717, 1.165) is 38.2 Å². The highest BCUT2D eigenvalue weighted by Crippen LogP contribution is 2.31. The summed E-state index contributed by atoms with van der Waals surface area (Å²) < 4.78 is 75.7. The van der Waals surface area contributed by atoms with Crippen molar-refractivity contribution < 1.29 is 55.6 Å². The molecule has 2 fully saturated rings. The third-order valence-electron chi connectivity index (χ3n) is 5.40. The molecule has 2 aliphatic rings. The summed E-state index contributed by atoms with van der Waals surface area (Å²) in [5.74, 6) is -5.51. The lowest BCUT2D eigenvalue weighted by Gasteiger charge is -2.41. The van der Waals surface area contributed by atoms with Crippen LogP contribution in [0.25, 0.3) is 0 Å². The second kappa shape index (κ2) is 14.0. The van der Waals surface area contributed by atoms with E-state index in [-0.39, 0.29) is 12.2 Å². The van der Waals surface area contributed by atoms with Crippen molar-refractivity contribution in [2.75, 3.05) is 13.2 Å². The molecule has 9 nitrogen and oxygen atoms in total. The molecule has 4 heterocycles. The number of carbonyl (C=O) groups is 2. The van der Waals surface area contributed by atoms with Gasteiger partial charge in [-0.3, -0.25) is 14.9 Å². The van der Waals surface area contributed by atoms with Gasteiger partial charge in [-0.05, 0) is 36.6 Å². The van der Waals surface area contributed by atoms with Crippen molar-refractivity contribution in [3.8, 4) is 0 Å². The molecule has 0 unspecified atom stereocenters. The number of pyridine rings is 2. The largest absolute Gasteiger partial charge is 0.490 e. The van der Waals surface area contributed by atoms with Gasteiger partial charge in [-0.2, -0.15) is 26.3 Å². The molecule has 0 bridgehead atoms. The first-order valence-electron chi connectivity index (χ1n) is 11.1. The molecule has 2 saturated heterocycles. The van der Waals surface area contributed by atoms with Crippen LogP contribution >= 0.6 is 0 Å². The van der Waals surface area contributed by atoms with Crippen LogP contribution in [0.3, 0.4) is 0 Å². The molecule has 0 aliphatic carbocycles. The standard InChI is InChI=1S/C19H23N3O2.2C2HF3O2/c1-2-9-21-16(5-1)14-24-18-6-10-22(17-7-11-23-19(17)18)13-15-4-3-8-20-12-15;2*3-2(4,5)1(6)7/h1-5,8-9,12,17-19H,6-7,10-11,13-14H2;2*(H,6,7)/t17-,18+,19-;;/m0../s1. The SMILES string of the molecule is O=C(O)C(F)(F)F.O=C(O)C(F)(F)F.c1ccc(CO[C@@H]2CCN(Cc3cccnc3)[C@H]3CCO[C@H]23)nc1. The Bertz CT molecular complexity index is 986. The van der Waals surface area contributed by atoms with Gasteiger partial charge in [0.2, 0.25) is 0 Å². The summed E-state index contributed by atoms with van der Waals surface area (Å²) in [5, 5.41) is 14.2. The van der Waals surface area contributed by atoms with Crippen molar-refractivity contribution in [2.45, 2.75) is 56.6 Å². The van der Waals surface area contributed by atoms with Crippen LogP contribution in [0.4, 0.5) is 26.3 Å². The zero-order valence-corrected chi connectivity index (χ0v) is 19.7. The molecule has 3 atom stereocenters. The van der Waals surface area contributed by atoms with Crippen LogP contribution in [0.5, 0.6) is 0 Å². The van der Waals surface area contributed by atoms with Gasteiger partial charge in [-0.25, -0.2) is 9.59 Å². The van der Waals surface area contributed by atoms with E-state index in [2.05, 4.69) is 20.9 Å². The lowest BCUT2D eigenvalue weighted by Crippen LogP contribution is -2.52. The van der Waals surface area contributed by atoms with Crippen molar-refractivity contribution in [3.63, 3.8) is 0 Å². The minimum Gasteiger partial charge on any atom is -0.475 e. The van der Waals surface area contributed by atoms with Gasteiger partial charge < -0.3 is 19.7 Å². The number of aliphatic carboxylic acids is 2. The zero-order valence-electron chi connectivity index (χ0n) is 19.7. The molecule has 0 spiro atoms. The molecule has 15 heteroatoms. The van der Waals surface area contributed by atoms with Gasteiger partial charge in [0.25, 0.3) is 0 Å². The molecule has 0 radical (unpaired) electrons. The van der Waals surface area contributed by atoms with Gasteiger partial charge >= 0.3 is 24.3 Å². The Morgan fingerprint density at radius 3 is 2.18 bits per heavy atom. The van der Waals surface area contributed by atoms with Gasteiger partial charge in [-0.15, -0.1) is 0 Å². The monoisotopic (exact) mass is 553 g/mol. The lowest BCUT2D eigenvalue weighted by atomic mass is 9.95. The lowest BCUT2D eigenvalue weighted by molar-refractivity contribution is -0.193. The Balaban J connectivity index is 0.000000301. The maximum atomic E-state index is 10.6. The molecule has 2 aromatic heterocycles. The number of rotatable bonds is 5. The molecule has 0 saturated carbocycles. The maximum Gasteiger partial charge on any atom is 0.490 e. The van der Waals surface area contributed by atoms with Gasteiger partial charge in [0.05, 0.1) is 24.5 Å². The van der Waals surface area contributed by atoms with Crippen molar-refractivity contribution in [2.24, 2.45) is 0 Å². The summed E-state index contributed by atoms with van der Waals surface area (Å²) in [6, 6.07) is 10.5. The third-order valence-corrected chi connectivity index (χ3v) is 5.40. The normalized spacial score (nSPS) is 21.3. The highest BCUT2D eigenvalue weighted by Gasteiger charge is 2.43. The Labute approximate surface area is 213 Å². The smallest absolute Gasteiger partial charge is 0.475 e. The Morgan fingerprint density at radius 2 is 1.66 bits per heavy atom. The number of likely N-dealkylation sites (tertiary alicyclic amines) is 1. The minimum absolute atomic E-state index is 0.157. The first-order valence-corrected chi connectivity index (χ1v) is 11.1. The number of carboxylic acids is 2. The number of halogens is 6. The van der Waals surface area contributed by atoms with Gasteiger partial charge in [0, 0.05) is 44.3 Å². The Morgan fingerprint density at radius 1 is 1.00 bits per heavy atom. The second-order valence-corrected chi connectivity index (χ2v) is 8.09. The fourth-order valence-electron chi connectivity index (χ4n) is 3.75. The summed E-state index contributed by atoms with van der Waals surface area (Å²) in [4.78, 5) is 28.9. The zero-order chi connectivity index (χ0) is 28.3. The van der Waals surface area contributed by atoms with E-state index in [1.165, 1.54) is 5.56 Å². The molecule has 4 rings (SSSR count). The molecule has 0 aromatic carbocycles. The van der Waals surface area contributed by atoms with Crippen LogP contribution in [0.15, 0.2) is 48.9 Å². The molecule has 2 aromatic rings. The van der Waals surface area contributed by atoms with E-state index in [9.17, 15) is 26.3 Å². The van der Waals surface area contributed by atoms with Crippen LogP contribution in [0.2, 0.25) is 0 Å².